The Morgan fingerprint density at radius 3 is 2.76 bits per heavy atom. The van der Waals surface area contributed by atoms with Gasteiger partial charge in [0.25, 0.3) is 5.89 Å². The number of carbonyl (C=O) groups excluding carboxylic acids is 1. The smallest absolute Gasteiger partial charge is 0.319 e. The second-order valence-corrected chi connectivity index (χ2v) is 6.38. The van der Waals surface area contributed by atoms with E-state index in [0.717, 1.165) is 11.1 Å². The van der Waals surface area contributed by atoms with E-state index < -0.39 is 6.10 Å². The van der Waals surface area contributed by atoms with E-state index in [9.17, 15) is 9.90 Å². The maximum absolute atomic E-state index is 12.1. The average molecular weight is 346 g/mol. The maximum atomic E-state index is 12.1. The van der Waals surface area contributed by atoms with Crippen LogP contribution in [-0.4, -0.2) is 33.9 Å². The fourth-order valence-electron chi connectivity index (χ4n) is 2.24. The molecule has 0 fully saturated rings. The molecule has 136 valence electrons. The predicted octanol–water partition coefficient (Wildman–Crippen LogP) is 3.14. The zero-order valence-electron chi connectivity index (χ0n) is 15.2. The monoisotopic (exact) mass is 346 g/mol. The predicted molar refractivity (Wildman–Crippen MR) is 96.3 cm³/mol. The molecular formula is C18H26N4O3. The molecule has 0 aliphatic carbocycles. The van der Waals surface area contributed by atoms with Gasteiger partial charge in [0, 0.05) is 24.2 Å². The number of aliphatic hydroxyl groups excluding tert-OH is 1. The first-order valence-electron chi connectivity index (χ1n) is 8.57. The van der Waals surface area contributed by atoms with E-state index in [4.69, 9.17) is 4.52 Å². The molecule has 0 bridgehead atoms. The minimum Gasteiger partial charge on any atom is -0.393 e. The summed E-state index contributed by atoms with van der Waals surface area (Å²) in [6, 6.07) is 5.27. The van der Waals surface area contributed by atoms with Crippen LogP contribution < -0.4 is 10.6 Å². The third-order valence-corrected chi connectivity index (χ3v) is 4.01. The highest BCUT2D eigenvalue weighted by Crippen LogP contribution is 2.24. The standard InChI is InChI=1S/C18H26N4O3/c1-5-16-21-17(25-22-16)13-7-6-12(4)14(10-13)20-18(24)19-9-8-15(23)11(2)3/h6-7,10-11,15,23H,5,8-9H2,1-4H3,(H2,19,20,24). The highest BCUT2D eigenvalue weighted by molar-refractivity contribution is 5.90. The fourth-order valence-corrected chi connectivity index (χ4v) is 2.24. The number of nitrogens with one attached hydrogen (secondary N) is 2. The Morgan fingerprint density at radius 1 is 1.36 bits per heavy atom. The molecule has 1 unspecified atom stereocenters. The summed E-state index contributed by atoms with van der Waals surface area (Å²) >= 11 is 0. The van der Waals surface area contributed by atoms with Crippen LogP contribution in [0, 0.1) is 12.8 Å². The zero-order valence-corrected chi connectivity index (χ0v) is 15.2. The number of aliphatic hydroxyl groups is 1. The van der Waals surface area contributed by atoms with E-state index in [1.807, 2.05) is 45.9 Å². The van der Waals surface area contributed by atoms with Gasteiger partial charge >= 0.3 is 6.03 Å². The number of anilines is 1. The Hall–Kier alpha value is -2.41. The Labute approximate surface area is 147 Å². The molecule has 0 spiro atoms. The average Bonchev–Trinajstić information content (AvgIpc) is 3.05. The van der Waals surface area contributed by atoms with Gasteiger partial charge in [0.15, 0.2) is 5.82 Å². The SMILES string of the molecule is CCc1noc(-c2ccc(C)c(NC(=O)NCCC(O)C(C)C)c2)n1. The van der Waals surface area contributed by atoms with E-state index in [2.05, 4.69) is 20.8 Å². The first-order valence-corrected chi connectivity index (χ1v) is 8.57. The van der Waals surface area contributed by atoms with E-state index in [-0.39, 0.29) is 11.9 Å². The van der Waals surface area contributed by atoms with Gasteiger partial charge in [-0.15, -0.1) is 0 Å². The Kier molecular flexibility index (Phi) is 6.52. The van der Waals surface area contributed by atoms with Gasteiger partial charge in [-0.2, -0.15) is 4.98 Å². The number of hydrogen-bond donors (Lipinski definition) is 3. The molecule has 0 saturated carbocycles. The summed E-state index contributed by atoms with van der Waals surface area (Å²) in [7, 11) is 0. The fraction of sp³-hybridized carbons (Fsp3) is 0.500. The van der Waals surface area contributed by atoms with Gasteiger partial charge in [-0.3, -0.25) is 0 Å². The molecule has 1 heterocycles. The number of rotatable bonds is 7. The molecule has 3 N–H and O–H groups in total. The molecule has 7 heteroatoms. The van der Waals surface area contributed by atoms with E-state index in [1.165, 1.54) is 0 Å². The van der Waals surface area contributed by atoms with Gasteiger partial charge < -0.3 is 20.3 Å². The molecule has 0 aliphatic heterocycles. The second-order valence-electron chi connectivity index (χ2n) is 6.38. The van der Waals surface area contributed by atoms with Crippen molar-refractivity contribution in [3.8, 4) is 11.5 Å². The molecule has 0 radical (unpaired) electrons. The molecule has 7 nitrogen and oxygen atoms in total. The van der Waals surface area contributed by atoms with E-state index >= 15 is 0 Å². The number of hydrogen-bond acceptors (Lipinski definition) is 5. The van der Waals surface area contributed by atoms with Crippen LogP contribution in [0.25, 0.3) is 11.5 Å². The van der Waals surface area contributed by atoms with Crippen molar-refractivity contribution >= 4 is 11.7 Å². The van der Waals surface area contributed by atoms with Crippen LogP contribution in [-0.2, 0) is 6.42 Å². The molecule has 1 aromatic heterocycles. The van der Waals surface area contributed by atoms with Gasteiger partial charge in [0.1, 0.15) is 0 Å². The lowest BCUT2D eigenvalue weighted by Crippen LogP contribution is -2.32. The lowest BCUT2D eigenvalue weighted by atomic mass is 10.0. The number of amides is 2. The Balaban J connectivity index is 1.99. The Morgan fingerprint density at radius 2 is 2.12 bits per heavy atom. The molecule has 2 rings (SSSR count). The highest BCUT2D eigenvalue weighted by Gasteiger charge is 2.12. The molecule has 1 aromatic carbocycles. The first kappa shape index (κ1) is 18.9. The highest BCUT2D eigenvalue weighted by atomic mass is 16.5. The number of aromatic nitrogens is 2. The first-order chi connectivity index (χ1) is 11.9. The minimum atomic E-state index is -0.421. The summed E-state index contributed by atoms with van der Waals surface area (Å²) in [5.74, 6) is 1.25. The van der Waals surface area contributed by atoms with Crippen LogP contribution in [0.1, 0.15) is 38.6 Å². The molecular weight excluding hydrogens is 320 g/mol. The largest absolute Gasteiger partial charge is 0.393 e. The molecule has 0 aliphatic rings. The van der Waals surface area contributed by atoms with Crippen molar-refractivity contribution in [2.24, 2.45) is 5.92 Å². The van der Waals surface area contributed by atoms with Crippen LogP contribution >= 0.6 is 0 Å². The van der Waals surface area contributed by atoms with Crippen molar-refractivity contribution in [2.45, 2.75) is 46.6 Å². The summed E-state index contributed by atoms with van der Waals surface area (Å²) in [6.45, 7) is 8.17. The quantitative estimate of drug-likeness (QED) is 0.715. The van der Waals surface area contributed by atoms with Crippen LogP contribution in [0.4, 0.5) is 10.5 Å². The Bertz CT molecular complexity index is 712. The van der Waals surface area contributed by atoms with Gasteiger partial charge in [0.2, 0.25) is 0 Å². The number of nitrogens with zero attached hydrogens (tertiary/aromatic N) is 2. The molecule has 0 saturated heterocycles. The summed E-state index contributed by atoms with van der Waals surface area (Å²) in [4.78, 5) is 16.4. The van der Waals surface area contributed by atoms with Gasteiger partial charge in [-0.05, 0) is 37.0 Å². The summed E-state index contributed by atoms with van der Waals surface area (Å²) in [6.07, 6.45) is 0.799. The lowest BCUT2D eigenvalue weighted by molar-refractivity contribution is 0.117. The van der Waals surface area contributed by atoms with Crippen molar-refractivity contribution in [1.82, 2.24) is 15.5 Å². The molecule has 2 aromatic rings. The number of carbonyl (C=O) groups is 1. The second kappa shape index (κ2) is 8.62. The van der Waals surface area contributed by atoms with E-state index in [0.29, 0.717) is 36.8 Å². The van der Waals surface area contributed by atoms with E-state index in [1.54, 1.807) is 0 Å². The zero-order chi connectivity index (χ0) is 18.4. The van der Waals surface area contributed by atoms with Crippen LogP contribution in [0.2, 0.25) is 0 Å². The van der Waals surface area contributed by atoms with Crippen molar-refractivity contribution in [3.05, 3.63) is 29.6 Å². The number of urea groups is 1. The van der Waals surface area contributed by atoms with Crippen LogP contribution in [0.3, 0.4) is 0 Å². The third-order valence-electron chi connectivity index (χ3n) is 4.01. The van der Waals surface area contributed by atoms with Crippen LogP contribution in [0.5, 0.6) is 0 Å². The molecule has 1 atom stereocenters. The summed E-state index contributed by atoms with van der Waals surface area (Å²) < 4.78 is 5.24. The third kappa shape index (κ3) is 5.29. The van der Waals surface area contributed by atoms with Gasteiger partial charge in [0.05, 0.1) is 6.10 Å². The lowest BCUT2D eigenvalue weighted by Gasteiger charge is -2.15. The normalized spacial score (nSPS) is 12.2. The molecule has 2 amide bonds. The van der Waals surface area contributed by atoms with Crippen LogP contribution in [0.15, 0.2) is 22.7 Å². The van der Waals surface area contributed by atoms with Crippen molar-refractivity contribution in [1.29, 1.82) is 0 Å². The number of benzene rings is 1. The summed E-state index contributed by atoms with van der Waals surface area (Å²) in [5.41, 5.74) is 2.36. The van der Waals surface area contributed by atoms with Gasteiger partial charge in [-0.25, -0.2) is 4.79 Å². The van der Waals surface area contributed by atoms with Crippen molar-refractivity contribution in [2.75, 3.05) is 11.9 Å². The number of aryl methyl sites for hydroxylation is 2. The van der Waals surface area contributed by atoms with Crippen molar-refractivity contribution < 1.29 is 14.4 Å². The topological polar surface area (TPSA) is 100 Å². The van der Waals surface area contributed by atoms with Crippen molar-refractivity contribution in [3.63, 3.8) is 0 Å². The minimum absolute atomic E-state index is 0.172. The summed E-state index contributed by atoms with van der Waals surface area (Å²) in [5, 5.41) is 19.2. The molecule has 25 heavy (non-hydrogen) atoms. The van der Waals surface area contributed by atoms with Gasteiger partial charge in [-0.1, -0.05) is 32.0 Å². The maximum Gasteiger partial charge on any atom is 0.319 e.